The molecule has 0 radical (unpaired) electrons. The smallest absolute Gasteiger partial charge is 0.214 e. The second-order valence-electron chi connectivity index (χ2n) is 2.96. The van der Waals surface area contributed by atoms with Crippen LogP contribution < -0.4 is 0 Å². The zero-order valence-electron chi connectivity index (χ0n) is 7.55. The molecule has 0 saturated heterocycles. The fraction of sp³-hybridized carbons (Fsp3) is 0. The van der Waals surface area contributed by atoms with Crippen LogP contribution in [0.5, 0.6) is 0 Å². The van der Waals surface area contributed by atoms with Crippen molar-refractivity contribution >= 4 is 0 Å². The van der Waals surface area contributed by atoms with Gasteiger partial charge in [0.2, 0.25) is 5.95 Å². The fourth-order valence-corrected chi connectivity index (χ4v) is 1.24. The summed E-state index contributed by atoms with van der Waals surface area (Å²) in [6.45, 7) is 0. The maximum absolute atomic E-state index is 13.2. The van der Waals surface area contributed by atoms with E-state index < -0.39 is 17.6 Å². The van der Waals surface area contributed by atoms with Crippen molar-refractivity contribution in [3.05, 3.63) is 54.0 Å². The van der Waals surface area contributed by atoms with Crippen LogP contribution in [0.15, 0.2) is 36.4 Å². The predicted octanol–water partition coefficient (Wildman–Crippen LogP) is 3.17. The van der Waals surface area contributed by atoms with E-state index in [4.69, 9.17) is 0 Å². The first kappa shape index (κ1) is 9.71. The first-order valence-electron chi connectivity index (χ1n) is 4.25. The van der Waals surface area contributed by atoms with Gasteiger partial charge in [-0.3, -0.25) is 0 Å². The summed E-state index contributed by atoms with van der Waals surface area (Å²) in [6.07, 6.45) is 0. The first-order chi connectivity index (χ1) is 7.18. The number of aromatic nitrogens is 1. The minimum absolute atomic E-state index is 0.186. The normalized spacial score (nSPS) is 10.3. The second-order valence-corrected chi connectivity index (χ2v) is 2.96. The number of hydrogen-bond donors (Lipinski definition) is 0. The van der Waals surface area contributed by atoms with Crippen LogP contribution in [0.25, 0.3) is 11.3 Å². The van der Waals surface area contributed by atoms with Crippen LogP contribution in [0.4, 0.5) is 13.2 Å². The van der Waals surface area contributed by atoms with Crippen molar-refractivity contribution < 1.29 is 13.2 Å². The van der Waals surface area contributed by atoms with Gasteiger partial charge in [0.25, 0.3) is 0 Å². The van der Waals surface area contributed by atoms with Crippen molar-refractivity contribution in [1.82, 2.24) is 4.98 Å². The molecule has 0 aliphatic rings. The van der Waals surface area contributed by atoms with Gasteiger partial charge in [-0.15, -0.1) is 0 Å². The summed E-state index contributed by atoms with van der Waals surface area (Å²) in [7, 11) is 0. The van der Waals surface area contributed by atoms with Crippen LogP contribution >= 0.6 is 0 Å². The fourth-order valence-electron chi connectivity index (χ4n) is 1.24. The summed E-state index contributed by atoms with van der Waals surface area (Å²) >= 11 is 0. The van der Waals surface area contributed by atoms with E-state index in [0.29, 0.717) is 11.6 Å². The number of hydrogen-bond acceptors (Lipinski definition) is 1. The van der Waals surface area contributed by atoms with Crippen LogP contribution in [0.3, 0.4) is 0 Å². The monoisotopic (exact) mass is 209 g/mol. The highest BCUT2D eigenvalue weighted by Gasteiger charge is 2.12. The number of pyridine rings is 1. The van der Waals surface area contributed by atoms with Gasteiger partial charge in [0.15, 0.2) is 11.6 Å². The molecule has 1 heterocycles. The highest BCUT2D eigenvalue weighted by atomic mass is 19.2. The lowest BCUT2D eigenvalue weighted by Gasteiger charge is -2.02. The van der Waals surface area contributed by atoms with Gasteiger partial charge in [0.1, 0.15) is 5.69 Å². The van der Waals surface area contributed by atoms with Gasteiger partial charge in [-0.05, 0) is 0 Å². The third-order valence-electron chi connectivity index (χ3n) is 1.93. The Bertz CT molecular complexity index is 483. The molecule has 0 saturated carbocycles. The largest absolute Gasteiger partial charge is 0.249 e. The topological polar surface area (TPSA) is 12.9 Å². The Kier molecular flexibility index (Phi) is 2.41. The molecule has 1 nitrogen and oxygen atoms in total. The van der Waals surface area contributed by atoms with E-state index in [9.17, 15) is 13.2 Å². The molecule has 0 N–H and O–H groups in total. The summed E-state index contributed by atoms with van der Waals surface area (Å²) in [6, 6.07) is 8.70. The molecule has 2 rings (SSSR count). The standard InChI is InChI=1S/C11H6F3N/c12-8-6-9(13)11(14)15-10(8)7-4-2-1-3-5-7/h1-6H. The molecule has 4 heteroatoms. The number of rotatable bonds is 1. The molecule has 0 atom stereocenters. The van der Waals surface area contributed by atoms with Gasteiger partial charge in [0, 0.05) is 11.6 Å². The van der Waals surface area contributed by atoms with Crippen molar-refractivity contribution in [3.63, 3.8) is 0 Å². The average Bonchev–Trinajstić information content (AvgIpc) is 2.25. The van der Waals surface area contributed by atoms with Gasteiger partial charge in [-0.2, -0.15) is 4.39 Å². The van der Waals surface area contributed by atoms with Crippen LogP contribution in [0.2, 0.25) is 0 Å². The zero-order chi connectivity index (χ0) is 10.8. The lowest BCUT2D eigenvalue weighted by Crippen LogP contribution is -1.96. The molecule has 0 fully saturated rings. The molecule has 0 aliphatic heterocycles. The first-order valence-corrected chi connectivity index (χ1v) is 4.25. The molecule has 0 bridgehead atoms. The lowest BCUT2D eigenvalue weighted by molar-refractivity contribution is 0.466. The second kappa shape index (κ2) is 3.73. The third kappa shape index (κ3) is 1.83. The van der Waals surface area contributed by atoms with E-state index in [2.05, 4.69) is 4.98 Å². The molecule has 15 heavy (non-hydrogen) atoms. The van der Waals surface area contributed by atoms with Crippen LogP contribution in [0, 0.1) is 17.6 Å². The minimum atomic E-state index is -1.30. The summed E-state index contributed by atoms with van der Waals surface area (Å²) in [5.74, 6) is -3.46. The maximum Gasteiger partial charge on any atom is 0.249 e. The minimum Gasteiger partial charge on any atom is -0.214 e. The van der Waals surface area contributed by atoms with Crippen LogP contribution in [0.1, 0.15) is 0 Å². The Morgan fingerprint density at radius 3 is 2.20 bits per heavy atom. The van der Waals surface area contributed by atoms with E-state index in [-0.39, 0.29) is 5.69 Å². The summed E-state index contributed by atoms with van der Waals surface area (Å²) in [5.41, 5.74) is 0.225. The van der Waals surface area contributed by atoms with E-state index in [0.717, 1.165) is 0 Å². The SMILES string of the molecule is Fc1cc(F)c(-c2ccccc2)nc1F. The van der Waals surface area contributed by atoms with Crippen molar-refractivity contribution in [1.29, 1.82) is 0 Å². The zero-order valence-corrected chi connectivity index (χ0v) is 7.55. The molecule has 0 amide bonds. The third-order valence-corrected chi connectivity index (χ3v) is 1.93. The predicted molar refractivity (Wildman–Crippen MR) is 49.5 cm³/mol. The molecule has 1 aromatic carbocycles. The summed E-state index contributed by atoms with van der Waals surface area (Å²) in [5, 5.41) is 0. The van der Waals surface area contributed by atoms with Gasteiger partial charge >= 0.3 is 0 Å². The van der Waals surface area contributed by atoms with Crippen molar-refractivity contribution in [2.24, 2.45) is 0 Å². The van der Waals surface area contributed by atoms with Gasteiger partial charge < -0.3 is 0 Å². The Labute approximate surface area is 84.2 Å². The van der Waals surface area contributed by atoms with E-state index in [1.807, 2.05) is 0 Å². The Morgan fingerprint density at radius 2 is 1.53 bits per heavy atom. The van der Waals surface area contributed by atoms with Crippen molar-refractivity contribution in [2.45, 2.75) is 0 Å². The molecule has 0 spiro atoms. The molecular formula is C11H6F3N. The molecule has 2 aromatic rings. The number of benzene rings is 1. The number of nitrogens with zero attached hydrogens (tertiary/aromatic N) is 1. The molecule has 76 valence electrons. The van der Waals surface area contributed by atoms with Gasteiger partial charge in [0.05, 0.1) is 0 Å². The van der Waals surface area contributed by atoms with E-state index >= 15 is 0 Å². The van der Waals surface area contributed by atoms with E-state index in [1.165, 1.54) is 0 Å². The van der Waals surface area contributed by atoms with Gasteiger partial charge in [-0.25, -0.2) is 13.8 Å². The summed E-state index contributed by atoms with van der Waals surface area (Å²) < 4.78 is 38.6. The maximum atomic E-state index is 13.2. The molecular weight excluding hydrogens is 203 g/mol. The molecule has 0 unspecified atom stereocenters. The number of halogens is 3. The van der Waals surface area contributed by atoms with Crippen LogP contribution in [-0.4, -0.2) is 4.98 Å². The van der Waals surface area contributed by atoms with Gasteiger partial charge in [-0.1, -0.05) is 30.3 Å². The summed E-state index contributed by atoms with van der Waals surface area (Å²) in [4.78, 5) is 3.23. The molecule has 1 aromatic heterocycles. The highest BCUT2D eigenvalue weighted by molar-refractivity contribution is 5.59. The van der Waals surface area contributed by atoms with E-state index in [1.54, 1.807) is 30.3 Å². The van der Waals surface area contributed by atoms with Crippen molar-refractivity contribution in [3.8, 4) is 11.3 Å². The molecule has 0 aliphatic carbocycles. The van der Waals surface area contributed by atoms with Crippen molar-refractivity contribution in [2.75, 3.05) is 0 Å². The average molecular weight is 209 g/mol. The Hall–Kier alpha value is -1.84. The Balaban J connectivity index is 2.59. The lowest BCUT2D eigenvalue weighted by atomic mass is 10.1. The Morgan fingerprint density at radius 1 is 0.867 bits per heavy atom. The quantitative estimate of drug-likeness (QED) is 0.657. The highest BCUT2D eigenvalue weighted by Crippen LogP contribution is 2.21. The van der Waals surface area contributed by atoms with Crippen LogP contribution in [-0.2, 0) is 0 Å².